The molecule has 5 rings (SSSR count). The maximum Gasteiger partial charge on any atom is 0.274 e. The Balaban J connectivity index is 1.22. The number of rotatable bonds is 4. The molecule has 8 heteroatoms. The molecule has 0 N–H and O–H groups in total. The lowest BCUT2D eigenvalue weighted by atomic mass is 9.98. The Morgan fingerprint density at radius 2 is 2.15 bits per heavy atom. The van der Waals surface area contributed by atoms with Gasteiger partial charge in [0.2, 0.25) is 0 Å². The lowest BCUT2D eigenvalue weighted by molar-refractivity contribution is 0.0123. The molecule has 1 saturated carbocycles. The standard InChI is InChI=1S/C19H23N5O2S/c1-11(16-5-20-10-27-16)24-8-15(21-9-24)18(25)23-6-12-13(7-23)17(12)14-4-19(2,3)26-22-14/h5,8-13,17H,4,6-7H2,1-3H3/t11-,12?,13?,17?/m0/s1. The summed E-state index contributed by atoms with van der Waals surface area (Å²) in [4.78, 5) is 29.9. The predicted octanol–water partition coefficient (Wildman–Crippen LogP) is 2.82. The second-order valence-corrected chi connectivity index (χ2v) is 9.38. The molecule has 7 nitrogen and oxygen atoms in total. The van der Waals surface area contributed by atoms with Crippen LogP contribution >= 0.6 is 11.3 Å². The van der Waals surface area contributed by atoms with Crippen LogP contribution < -0.4 is 0 Å². The fourth-order valence-corrected chi connectivity index (χ4v) is 5.13. The summed E-state index contributed by atoms with van der Waals surface area (Å²) in [5.41, 5.74) is 3.35. The van der Waals surface area contributed by atoms with E-state index in [0.29, 0.717) is 23.4 Å². The van der Waals surface area contributed by atoms with E-state index >= 15 is 0 Å². The number of amides is 1. The van der Waals surface area contributed by atoms with E-state index in [1.165, 1.54) is 5.71 Å². The summed E-state index contributed by atoms with van der Waals surface area (Å²) in [7, 11) is 0. The Hall–Kier alpha value is -2.22. The highest BCUT2D eigenvalue weighted by Crippen LogP contribution is 2.54. The van der Waals surface area contributed by atoms with E-state index in [1.807, 2.05) is 27.4 Å². The lowest BCUT2D eigenvalue weighted by Crippen LogP contribution is -2.33. The molecule has 1 aliphatic carbocycles. The van der Waals surface area contributed by atoms with E-state index in [2.05, 4.69) is 35.9 Å². The Labute approximate surface area is 162 Å². The van der Waals surface area contributed by atoms with Crippen LogP contribution in [0.1, 0.15) is 48.6 Å². The summed E-state index contributed by atoms with van der Waals surface area (Å²) in [5, 5.41) is 4.30. The van der Waals surface area contributed by atoms with Crippen LogP contribution in [0.4, 0.5) is 0 Å². The molecule has 4 heterocycles. The van der Waals surface area contributed by atoms with Gasteiger partial charge in [0.15, 0.2) is 0 Å². The third-order valence-electron chi connectivity index (χ3n) is 6.01. The molecule has 0 radical (unpaired) electrons. The number of imidazole rings is 1. The molecular formula is C19H23N5O2S. The summed E-state index contributed by atoms with van der Waals surface area (Å²) >= 11 is 1.61. The number of aromatic nitrogens is 3. The third-order valence-corrected chi connectivity index (χ3v) is 6.96. The average molecular weight is 385 g/mol. The van der Waals surface area contributed by atoms with E-state index in [9.17, 15) is 4.79 Å². The highest BCUT2D eigenvalue weighted by molar-refractivity contribution is 7.09. The summed E-state index contributed by atoms with van der Waals surface area (Å²) in [6, 6.07) is 0.131. The SMILES string of the molecule is C[C@@H](c1cncs1)n1cnc(C(=O)N2CC3C(C2)C3C2=NOC(C)(C)C2)c1. The first-order chi connectivity index (χ1) is 12.9. The number of hydrogen-bond acceptors (Lipinski definition) is 6. The van der Waals surface area contributed by atoms with Crippen molar-refractivity contribution >= 4 is 23.0 Å². The van der Waals surface area contributed by atoms with Crippen molar-refractivity contribution in [3.8, 4) is 0 Å². The van der Waals surface area contributed by atoms with Gasteiger partial charge >= 0.3 is 0 Å². The van der Waals surface area contributed by atoms with Gasteiger partial charge < -0.3 is 14.3 Å². The van der Waals surface area contributed by atoms with Crippen LogP contribution in [0, 0.1) is 17.8 Å². The number of carbonyl (C=O) groups is 1. The van der Waals surface area contributed by atoms with Gasteiger partial charge in [0.25, 0.3) is 5.91 Å². The number of thiazole rings is 1. The van der Waals surface area contributed by atoms with E-state index in [4.69, 9.17) is 4.84 Å². The molecule has 1 saturated heterocycles. The van der Waals surface area contributed by atoms with Crippen molar-refractivity contribution in [2.75, 3.05) is 13.1 Å². The molecular weight excluding hydrogens is 362 g/mol. The van der Waals surface area contributed by atoms with Gasteiger partial charge in [0.1, 0.15) is 11.3 Å². The van der Waals surface area contributed by atoms with E-state index < -0.39 is 0 Å². The number of piperidine rings is 1. The summed E-state index contributed by atoms with van der Waals surface area (Å²) < 4.78 is 1.98. The Morgan fingerprint density at radius 3 is 2.78 bits per heavy atom. The lowest BCUT2D eigenvalue weighted by Gasteiger charge is -2.19. The number of nitrogens with zero attached hydrogens (tertiary/aromatic N) is 5. The zero-order valence-corrected chi connectivity index (χ0v) is 16.5. The van der Waals surface area contributed by atoms with Gasteiger partial charge in [0, 0.05) is 42.7 Å². The number of likely N-dealkylation sites (tertiary alicyclic amines) is 1. The number of fused-ring (bicyclic) bond motifs is 1. The molecule has 2 aromatic rings. The topological polar surface area (TPSA) is 72.6 Å². The second-order valence-electron chi connectivity index (χ2n) is 8.46. The third kappa shape index (κ3) is 2.86. The maximum absolute atomic E-state index is 12.9. The average Bonchev–Trinajstić information content (AvgIpc) is 3.26. The Kier molecular flexibility index (Phi) is 3.69. The molecule has 2 aliphatic heterocycles. The van der Waals surface area contributed by atoms with Crippen molar-refractivity contribution in [1.29, 1.82) is 0 Å². The molecule has 142 valence electrons. The highest BCUT2D eigenvalue weighted by atomic mass is 32.1. The summed E-state index contributed by atoms with van der Waals surface area (Å²) in [6.45, 7) is 7.82. The van der Waals surface area contributed by atoms with Crippen molar-refractivity contribution < 1.29 is 9.63 Å². The van der Waals surface area contributed by atoms with Crippen molar-refractivity contribution in [3.63, 3.8) is 0 Å². The van der Waals surface area contributed by atoms with Crippen LogP contribution in [0.25, 0.3) is 0 Å². The van der Waals surface area contributed by atoms with Crippen LogP contribution in [-0.2, 0) is 4.84 Å². The van der Waals surface area contributed by atoms with Gasteiger partial charge in [-0.25, -0.2) is 4.98 Å². The fraction of sp³-hybridized carbons (Fsp3) is 0.579. The quantitative estimate of drug-likeness (QED) is 0.811. The van der Waals surface area contributed by atoms with Crippen LogP contribution in [0.2, 0.25) is 0 Å². The first-order valence-electron chi connectivity index (χ1n) is 9.39. The Bertz CT molecular complexity index is 891. The minimum atomic E-state index is -0.177. The zero-order chi connectivity index (χ0) is 18.8. The molecule has 1 amide bonds. The minimum absolute atomic E-state index is 0.0288. The first kappa shape index (κ1) is 16.9. The van der Waals surface area contributed by atoms with Crippen LogP contribution in [0.3, 0.4) is 0 Å². The number of oxime groups is 1. The molecule has 0 spiro atoms. The summed E-state index contributed by atoms with van der Waals surface area (Å²) in [6.07, 6.45) is 6.36. The van der Waals surface area contributed by atoms with Crippen LogP contribution in [-0.4, -0.2) is 49.7 Å². The number of hydrogen-bond donors (Lipinski definition) is 0. The largest absolute Gasteiger partial charge is 0.389 e. The van der Waals surface area contributed by atoms with Gasteiger partial charge in [-0.05, 0) is 32.6 Å². The van der Waals surface area contributed by atoms with Crippen LogP contribution in [0.5, 0.6) is 0 Å². The smallest absolute Gasteiger partial charge is 0.274 e. The molecule has 2 aromatic heterocycles. The monoisotopic (exact) mass is 385 g/mol. The van der Waals surface area contributed by atoms with Gasteiger partial charge in [-0.15, -0.1) is 11.3 Å². The molecule has 27 heavy (non-hydrogen) atoms. The van der Waals surface area contributed by atoms with Crippen molar-refractivity contribution in [1.82, 2.24) is 19.4 Å². The Morgan fingerprint density at radius 1 is 1.37 bits per heavy atom. The van der Waals surface area contributed by atoms with Gasteiger partial charge in [0.05, 0.1) is 23.6 Å². The van der Waals surface area contributed by atoms with Gasteiger partial charge in [-0.2, -0.15) is 0 Å². The first-order valence-corrected chi connectivity index (χ1v) is 10.3. The molecule has 2 unspecified atom stereocenters. The molecule has 2 fully saturated rings. The molecule has 3 atom stereocenters. The van der Waals surface area contributed by atoms with Crippen molar-refractivity contribution in [2.45, 2.75) is 38.8 Å². The minimum Gasteiger partial charge on any atom is -0.389 e. The normalized spacial score (nSPS) is 29.2. The maximum atomic E-state index is 12.9. The highest BCUT2D eigenvalue weighted by Gasteiger charge is 2.60. The van der Waals surface area contributed by atoms with E-state index in [0.717, 1.165) is 24.4 Å². The van der Waals surface area contributed by atoms with Gasteiger partial charge in [-0.3, -0.25) is 9.78 Å². The van der Waals surface area contributed by atoms with E-state index in [-0.39, 0.29) is 17.6 Å². The number of carbonyl (C=O) groups excluding carboxylic acids is 1. The van der Waals surface area contributed by atoms with Crippen molar-refractivity contribution in [2.24, 2.45) is 22.9 Å². The second kappa shape index (κ2) is 5.89. The van der Waals surface area contributed by atoms with E-state index in [1.54, 1.807) is 17.7 Å². The molecule has 0 bridgehead atoms. The molecule has 0 aromatic carbocycles. The van der Waals surface area contributed by atoms with Crippen molar-refractivity contribution in [3.05, 3.63) is 34.8 Å². The predicted molar refractivity (Wildman–Crippen MR) is 102 cm³/mol. The fourth-order valence-electron chi connectivity index (χ4n) is 4.45. The van der Waals surface area contributed by atoms with Crippen LogP contribution in [0.15, 0.2) is 29.4 Å². The zero-order valence-electron chi connectivity index (χ0n) is 15.7. The molecule has 3 aliphatic rings. The summed E-state index contributed by atoms with van der Waals surface area (Å²) in [5.74, 6) is 1.59. The van der Waals surface area contributed by atoms with Gasteiger partial charge in [-0.1, -0.05) is 5.16 Å².